The molecular formula is C23H34O2S. The van der Waals surface area contributed by atoms with Gasteiger partial charge in [0, 0.05) is 10.3 Å². The summed E-state index contributed by atoms with van der Waals surface area (Å²) in [5.41, 5.74) is -0.342. The van der Waals surface area contributed by atoms with Crippen LogP contribution in [0.2, 0.25) is 0 Å². The molecule has 0 radical (unpaired) electrons. The van der Waals surface area contributed by atoms with Gasteiger partial charge in [-0.3, -0.25) is 4.79 Å². The summed E-state index contributed by atoms with van der Waals surface area (Å²) in [4.78, 5) is 14.3. The largest absolute Gasteiger partial charge is 0.461 e. The topological polar surface area (TPSA) is 26.3 Å². The maximum atomic E-state index is 13.2. The average molecular weight is 375 g/mol. The van der Waals surface area contributed by atoms with Crippen molar-refractivity contribution in [1.82, 2.24) is 0 Å². The van der Waals surface area contributed by atoms with E-state index in [9.17, 15) is 4.79 Å². The Morgan fingerprint density at radius 3 is 2.50 bits per heavy atom. The Morgan fingerprint density at radius 2 is 1.92 bits per heavy atom. The lowest BCUT2D eigenvalue weighted by molar-refractivity contribution is -0.156. The first-order valence-corrected chi connectivity index (χ1v) is 10.7. The molecule has 0 saturated heterocycles. The van der Waals surface area contributed by atoms with Gasteiger partial charge in [0.15, 0.2) is 0 Å². The van der Waals surface area contributed by atoms with E-state index < -0.39 is 0 Å². The first-order valence-electron chi connectivity index (χ1n) is 9.80. The number of benzene rings is 1. The standard InChI is InChI=1S/C23H34O2S/c1-7-23(5,6)21(26-18-11-9-8-10-12-18)22(24)25-20-15-17(4)13-14-19(20)16(2)3/h7-12,16-17,19-21H,1,13-15H2,2-6H3/t17-,19+,20-,21-/m1/s1. The number of carbonyl (C=O) groups is 1. The van der Waals surface area contributed by atoms with Gasteiger partial charge >= 0.3 is 5.97 Å². The molecule has 0 N–H and O–H groups in total. The highest BCUT2D eigenvalue weighted by Crippen LogP contribution is 2.40. The Bertz CT molecular complexity index is 593. The Labute approximate surface area is 163 Å². The van der Waals surface area contributed by atoms with E-state index in [2.05, 4.69) is 41.2 Å². The zero-order valence-electron chi connectivity index (χ0n) is 16.9. The number of carbonyl (C=O) groups excluding carboxylic acids is 1. The maximum Gasteiger partial charge on any atom is 0.320 e. The second kappa shape index (κ2) is 9.12. The predicted octanol–water partition coefficient (Wildman–Crippen LogP) is 6.36. The molecule has 0 heterocycles. The minimum Gasteiger partial charge on any atom is -0.461 e. The van der Waals surface area contributed by atoms with E-state index in [4.69, 9.17) is 4.74 Å². The summed E-state index contributed by atoms with van der Waals surface area (Å²) in [5, 5.41) is -0.299. The zero-order valence-corrected chi connectivity index (χ0v) is 17.7. The molecule has 0 spiro atoms. The summed E-state index contributed by atoms with van der Waals surface area (Å²) in [6.07, 6.45) is 5.27. The Kier molecular flexibility index (Phi) is 7.40. The summed E-state index contributed by atoms with van der Waals surface area (Å²) in [6, 6.07) is 10.1. The van der Waals surface area contributed by atoms with Crippen molar-refractivity contribution in [2.24, 2.45) is 23.2 Å². The van der Waals surface area contributed by atoms with Crippen LogP contribution in [-0.4, -0.2) is 17.3 Å². The molecule has 1 fully saturated rings. The van der Waals surface area contributed by atoms with Crippen LogP contribution in [0.3, 0.4) is 0 Å². The van der Waals surface area contributed by atoms with Gasteiger partial charge < -0.3 is 4.74 Å². The fourth-order valence-electron chi connectivity index (χ4n) is 3.71. The Morgan fingerprint density at radius 1 is 1.27 bits per heavy atom. The van der Waals surface area contributed by atoms with Crippen molar-refractivity contribution in [1.29, 1.82) is 0 Å². The van der Waals surface area contributed by atoms with Crippen molar-refractivity contribution in [3.05, 3.63) is 43.0 Å². The number of ether oxygens (including phenoxy) is 1. The maximum absolute atomic E-state index is 13.2. The van der Waals surface area contributed by atoms with Gasteiger partial charge in [-0.2, -0.15) is 0 Å². The molecule has 0 aliphatic heterocycles. The van der Waals surface area contributed by atoms with Gasteiger partial charge in [-0.1, -0.05) is 65.3 Å². The third-order valence-corrected chi connectivity index (χ3v) is 7.22. The number of allylic oxidation sites excluding steroid dienone is 1. The van der Waals surface area contributed by atoms with Crippen LogP contribution in [0.15, 0.2) is 47.9 Å². The number of esters is 1. The third kappa shape index (κ3) is 5.39. The van der Waals surface area contributed by atoms with Gasteiger partial charge in [0.05, 0.1) is 0 Å². The first-order chi connectivity index (χ1) is 12.2. The van der Waals surface area contributed by atoms with Gasteiger partial charge in [-0.25, -0.2) is 0 Å². The third-order valence-electron chi connectivity index (χ3n) is 5.64. The van der Waals surface area contributed by atoms with Gasteiger partial charge in [-0.15, -0.1) is 18.3 Å². The molecule has 1 aromatic carbocycles. The predicted molar refractivity (Wildman–Crippen MR) is 111 cm³/mol. The van der Waals surface area contributed by atoms with E-state index in [-0.39, 0.29) is 22.7 Å². The van der Waals surface area contributed by atoms with E-state index in [1.165, 1.54) is 6.42 Å². The quantitative estimate of drug-likeness (QED) is 0.315. The number of thioether (sulfide) groups is 1. The van der Waals surface area contributed by atoms with Crippen molar-refractivity contribution in [3.8, 4) is 0 Å². The second-order valence-corrected chi connectivity index (χ2v) is 9.82. The van der Waals surface area contributed by atoms with Crippen molar-refractivity contribution in [2.45, 2.75) is 70.1 Å². The van der Waals surface area contributed by atoms with Crippen molar-refractivity contribution in [2.75, 3.05) is 0 Å². The molecule has 0 unspecified atom stereocenters. The number of hydrogen-bond acceptors (Lipinski definition) is 3. The molecule has 2 rings (SSSR count). The highest BCUT2D eigenvalue weighted by Gasteiger charge is 2.39. The molecule has 144 valence electrons. The summed E-state index contributed by atoms with van der Waals surface area (Å²) in [7, 11) is 0. The van der Waals surface area contributed by atoms with Crippen LogP contribution < -0.4 is 0 Å². The summed E-state index contributed by atoms with van der Waals surface area (Å²) >= 11 is 1.58. The minimum absolute atomic E-state index is 0.0331. The van der Waals surface area contributed by atoms with Gasteiger partial charge in [0.2, 0.25) is 0 Å². The van der Waals surface area contributed by atoms with Crippen LogP contribution in [0.4, 0.5) is 0 Å². The Balaban J connectivity index is 2.18. The van der Waals surface area contributed by atoms with Crippen molar-refractivity contribution >= 4 is 17.7 Å². The molecule has 0 aromatic heterocycles. The molecule has 2 nitrogen and oxygen atoms in total. The Hall–Kier alpha value is -1.22. The molecule has 1 aliphatic rings. The molecule has 0 bridgehead atoms. The SMILES string of the molecule is C=CC(C)(C)[C@H](Sc1ccccc1)C(=O)O[C@@H]1C[C@H](C)CC[C@H]1C(C)C. The summed E-state index contributed by atoms with van der Waals surface area (Å²) < 4.78 is 6.15. The van der Waals surface area contributed by atoms with Gasteiger partial charge in [0.25, 0.3) is 0 Å². The van der Waals surface area contributed by atoms with E-state index in [1.807, 2.05) is 36.4 Å². The second-order valence-electron chi connectivity index (χ2n) is 8.64. The molecule has 3 heteroatoms. The van der Waals surface area contributed by atoms with E-state index in [1.54, 1.807) is 11.8 Å². The van der Waals surface area contributed by atoms with Crippen LogP contribution in [0.25, 0.3) is 0 Å². The van der Waals surface area contributed by atoms with Crippen LogP contribution in [0, 0.1) is 23.2 Å². The number of rotatable bonds is 7. The normalized spacial score (nSPS) is 24.9. The number of hydrogen-bond donors (Lipinski definition) is 0. The highest BCUT2D eigenvalue weighted by molar-refractivity contribution is 8.00. The van der Waals surface area contributed by atoms with E-state index in [0.717, 1.165) is 17.7 Å². The molecule has 1 aromatic rings. The minimum atomic E-state index is -0.342. The summed E-state index contributed by atoms with van der Waals surface area (Å²) in [5.74, 6) is 1.52. The lowest BCUT2D eigenvalue weighted by Gasteiger charge is -2.38. The molecule has 1 saturated carbocycles. The molecular weight excluding hydrogens is 340 g/mol. The van der Waals surface area contributed by atoms with Crippen LogP contribution >= 0.6 is 11.8 Å². The van der Waals surface area contributed by atoms with Crippen molar-refractivity contribution < 1.29 is 9.53 Å². The smallest absolute Gasteiger partial charge is 0.320 e. The van der Waals surface area contributed by atoms with E-state index in [0.29, 0.717) is 17.8 Å². The monoisotopic (exact) mass is 374 g/mol. The van der Waals surface area contributed by atoms with E-state index >= 15 is 0 Å². The van der Waals surface area contributed by atoms with Crippen LogP contribution in [-0.2, 0) is 9.53 Å². The molecule has 0 amide bonds. The first kappa shape index (κ1) is 21.1. The van der Waals surface area contributed by atoms with Crippen LogP contribution in [0.1, 0.15) is 53.9 Å². The van der Waals surface area contributed by atoms with Crippen LogP contribution in [0.5, 0.6) is 0 Å². The molecule has 4 atom stereocenters. The summed E-state index contributed by atoms with van der Waals surface area (Å²) in [6.45, 7) is 14.8. The lowest BCUT2D eigenvalue weighted by atomic mass is 9.75. The van der Waals surface area contributed by atoms with Gasteiger partial charge in [-0.05, 0) is 42.7 Å². The average Bonchev–Trinajstić information content (AvgIpc) is 2.60. The molecule has 26 heavy (non-hydrogen) atoms. The fourth-order valence-corrected chi connectivity index (χ4v) is 4.85. The highest BCUT2D eigenvalue weighted by atomic mass is 32.2. The fraction of sp³-hybridized carbons (Fsp3) is 0.609. The van der Waals surface area contributed by atoms with Gasteiger partial charge in [0.1, 0.15) is 11.4 Å². The molecule has 1 aliphatic carbocycles. The van der Waals surface area contributed by atoms with Crippen molar-refractivity contribution in [3.63, 3.8) is 0 Å². The lowest BCUT2D eigenvalue weighted by Crippen LogP contribution is -2.41. The zero-order chi connectivity index (χ0) is 19.3.